The van der Waals surface area contributed by atoms with Crippen molar-refractivity contribution in [2.75, 3.05) is 19.4 Å². The van der Waals surface area contributed by atoms with Crippen molar-refractivity contribution in [1.29, 1.82) is 0 Å². The molecule has 1 saturated carbocycles. The highest BCUT2D eigenvalue weighted by Crippen LogP contribution is 2.40. The number of hydrogen-bond donors (Lipinski definition) is 2. The lowest BCUT2D eigenvalue weighted by Gasteiger charge is -2.40. The average Bonchev–Trinajstić information content (AvgIpc) is 2.14. The molecule has 2 atom stereocenters. The Balaban J connectivity index is 2.47. The van der Waals surface area contributed by atoms with Crippen molar-refractivity contribution in [3.8, 4) is 0 Å². The van der Waals surface area contributed by atoms with E-state index >= 15 is 0 Å². The maximum Gasteiger partial charge on any atom is 0.0521 e. The minimum absolute atomic E-state index is 0.304. The Morgan fingerprint density at radius 3 is 2.79 bits per heavy atom. The first-order valence-electron chi connectivity index (χ1n) is 5.49. The molecule has 2 N–H and O–H groups in total. The van der Waals surface area contributed by atoms with E-state index in [1.54, 1.807) is 0 Å². The zero-order valence-corrected chi connectivity index (χ0v) is 10.4. The van der Waals surface area contributed by atoms with Crippen LogP contribution in [0, 0.1) is 5.41 Å². The van der Waals surface area contributed by atoms with Gasteiger partial charge in [0.15, 0.2) is 0 Å². The Morgan fingerprint density at radius 1 is 1.50 bits per heavy atom. The lowest BCUT2D eigenvalue weighted by atomic mass is 9.75. The molecular formula is C11H23NOS. The third kappa shape index (κ3) is 3.44. The standard InChI is InChI=1S/C11H23NOS/c1-11(2)5-4-9(12-3)10(8-11)14-7-6-13/h9-10,12-13H,4-8H2,1-3H3. The van der Waals surface area contributed by atoms with Crippen LogP contribution in [0.25, 0.3) is 0 Å². The molecule has 2 unspecified atom stereocenters. The molecule has 3 heteroatoms. The molecule has 0 radical (unpaired) electrons. The zero-order chi connectivity index (χ0) is 10.6. The minimum atomic E-state index is 0.304. The summed E-state index contributed by atoms with van der Waals surface area (Å²) in [5, 5.41) is 12.9. The third-order valence-corrected chi connectivity index (χ3v) is 4.47. The molecule has 1 aliphatic carbocycles. The molecule has 84 valence electrons. The van der Waals surface area contributed by atoms with Crippen LogP contribution in [0.4, 0.5) is 0 Å². The molecule has 0 bridgehead atoms. The summed E-state index contributed by atoms with van der Waals surface area (Å²) in [6, 6.07) is 0.638. The second kappa shape index (κ2) is 5.38. The summed E-state index contributed by atoms with van der Waals surface area (Å²) in [4.78, 5) is 0. The van der Waals surface area contributed by atoms with E-state index in [1.807, 2.05) is 11.8 Å². The fourth-order valence-corrected chi connectivity index (χ4v) is 3.71. The molecule has 0 amide bonds. The summed E-state index contributed by atoms with van der Waals surface area (Å²) in [7, 11) is 2.05. The van der Waals surface area contributed by atoms with Gasteiger partial charge < -0.3 is 10.4 Å². The SMILES string of the molecule is CNC1CCC(C)(C)CC1SCCO. The van der Waals surface area contributed by atoms with E-state index in [2.05, 4.69) is 26.2 Å². The van der Waals surface area contributed by atoms with Crippen LogP contribution in [0.3, 0.4) is 0 Å². The molecule has 1 aliphatic rings. The van der Waals surface area contributed by atoms with Gasteiger partial charge in [0.1, 0.15) is 0 Å². The van der Waals surface area contributed by atoms with E-state index < -0.39 is 0 Å². The van der Waals surface area contributed by atoms with Gasteiger partial charge in [-0.25, -0.2) is 0 Å². The zero-order valence-electron chi connectivity index (χ0n) is 9.55. The van der Waals surface area contributed by atoms with Crippen molar-refractivity contribution < 1.29 is 5.11 Å². The van der Waals surface area contributed by atoms with Crippen LogP contribution in [0.1, 0.15) is 33.1 Å². The van der Waals surface area contributed by atoms with E-state index in [4.69, 9.17) is 5.11 Å². The van der Waals surface area contributed by atoms with Crippen molar-refractivity contribution >= 4 is 11.8 Å². The molecule has 2 nitrogen and oxygen atoms in total. The highest BCUT2D eigenvalue weighted by Gasteiger charge is 2.33. The van der Waals surface area contributed by atoms with Crippen molar-refractivity contribution in [1.82, 2.24) is 5.32 Å². The van der Waals surface area contributed by atoms with E-state index in [1.165, 1.54) is 19.3 Å². The van der Waals surface area contributed by atoms with Crippen LogP contribution >= 0.6 is 11.8 Å². The van der Waals surface area contributed by atoms with E-state index in [0.717, 1.165) is 5.75 Å². The van der Waals surface area contributed by atoms with Gasteiger partial charge in [-0.05, 0) is 31.7 Å². The van der Waals surface area contributed by atoms with Crippen molar-refractivity contribution in [2.24, 2.45) is 5.41 Å². The molecule has 0 aromatic rings. The van der Waals surface area contributed by atoms with Crippen LogP contribution < -0.4 is 5.32 Å². The Labute approximate surface area is 91.9 Å². The van der Waals surface area contributed by atoms with Crippen LogP contribution in [0.5, 0.6) is 0 Å². The summed E-state index contributed by atoms with van der Waals surface area (Å²) < 4.78 is 0. The molecule has 0 aliphatic heterocycles. The molecule has 0 aromatic carbocycles. The van der Waals surface area contributed by atoms with Gasteiger partial charge in [-0.2, -0.15) is 11.8 Å². The number of aliphatic hydroxyl groups excluding tert-OH is 1. The summed E-state index contributed by atoms with van der Waals surface area (Å²) in [5.41, 5.74) is 0.487. The number of thioether (sulfide) groups is 1. The summed E-state index contributed by atoms with van der Waals surface area (Å²) in [6.45, 7) is 5.01. The minimum Gasteiger partial charge on any atom is -0.396 e. The van der Waals surface area contributed by atoms with E-state index in [9.17, 15) is 0 Å². The monoisotopic (exact) mass is 217 g/mol. The van der Waals surface area contributed by atoms with Crippen LogP contribution in [0.2, 0.25) is 0 Å². The van der Waals surface area contributed by atoms with Gasteiger partial charge in [0.05, 0.1) is 6.61 Å². The average molecular weight is 217 g/mol. The highest BCUT2D eigenvalue weighted by molar-refractivity contribution is 7.99. The molecular weight excluding hydrogens is 194 g/mol. The molecule has 14 heavy (non-hydrogen) atoms. The summed E-state index contributed by atoms with van der Waals surface area (Å²) in [6.07, 6.45) is 3.85. The first-order chi connectivity index (χ1) is 6.59. The van der Waals surface area contributed by atoms with Gasteiger partial charge in [-0.15, -0.1) is 0 Å². The number of hydrogen-bond acceptors (Lipinski definition) is 3. The van der Waals surface area contributed by atoms with Gasteiger partial charge in [-0.1, -0.05) is 13.8 Å². The quantitative estimate of drug-likeness (QED) is 0.754. The van der Waals surface area contributed by atoms with Crippen molar-refractivity contribution in [2.45, 2.75) is 44.4 Å². The molecule has 0 aromatic heterocycles. The number of aliphatic hydroxyl groups is 1. The summed E-state index contributed by atoms with van der Waals surface area (Å²) in [5.74, 6) is 0.874. The second-order valence-corrected chi connectivity index (χ2v) is 6.28. The largest absolute Gasteiger partial charge is 0.396 e. The van der Waals surface area contributed by atoms with Crippen LogP contribution in [-0.2, 0) is 0 Å². The topological polar surface area (TPSA) is 32.3 Å². The third-order valence-electron chi connectivity index (χ3n) is 3.13. The maximum absolute atomic E-state index is 8.84. The van der Waals surface area contributed by atoms with Crippen LogP contribution in [-0.4, -0.2) is 35.8 Å². The normalized spacial score (nSPS) is 31.7. The van der Waals surface area contributed by atoms with Gasteiger partial charge in [0, 0.05) is 17.0 Å². The molecule has 1 fully saturated rings. The fourth-order valence-electron chi connectivity index (χ4n) is 2.23. The summed E-state index contributed by atoms with van der Waals surface area (Å²) >= 11 is 1.92. The Bertz CT molecular complexity index is 173. The van der Waals surface area contributed by atoms with Crippen molar-refractivity contribution in [3.05, 3.63) is 0 Å². The van der Waals surface area contributed by atoms with Gasteiger partial charge in [0.2, 0.25) is 0 Å². The Kier molecular flexibility index (Phi) is 4.74. The predicted octanol–water partition coefficient (Wildman–Crippen LogP) is 1.88. The van der Waals surface area contributed by atoms with E-state index in [-0.39, 0.29) is 0 Å². The Hall–Kier alpha value is 0.270. The second-order valence-electron chi connectivity index (χ2n) is 4.94. The Morgan fingerprint density at radius 2 is 2.21 bits per heavy atom. The van der Waals surface area contributed by atoms with Crippen LogP contribution in [0.15, 0.2) is 0 Å². The number of rotatable bonds is 4. The first-order valence-corrected chi connectivity index (χ1v) is 6.53. The van der Waals surface area contributed by atoms with Gasteiger partial charge in [0.25, 0.3) is 0 Å². The number of nitrogens with one attached hydrogen (secondary N) is 1. The van der Waals surface area contributed by atoms with Gasteiger partial charge >= 0.3 is 0 Å². The lowest BCUT2D eigenvalue weighted by Crippen LogP contribution is -2.43. The molecule has 0 saturated heterocycles. The lowest BCUT2D eigenvalue weighted by molar-refractivity contribution is 0.218. The molecule has 0 spiro atoms. The highest BCUT2D eigenvalue weighted by atomic mass is 32.2. The van der Waals surface area contributed by atoms with E-state index in [0.29, 0.717) is 23.3 Å². The van der Waals surface area contributed by atoms with Gasteiger partial charge in [-0.3, -0.25) is 0 Å². The first kappa shape index (κ1) is 12.3. The fraction of sp³-hybridized carbons (Fsp3) is 1.00. The smallest absolute Gasteiger partial charge is 0.0521 e. The predicted molar refractivity (Wildman–Crippen MR) is 63.8 cm³/mol. The van der Waals surface area contributed by atoms with Crippen molar-refractivity contribution in [3.63, 3.8) is 0 Å². The molecule has 0 heterocycles. The molecule has 1 rings (SSSR count). The maximum atomic E-state index is 8.84.